The maximum absolute atomic E-state index is 12.8. The summed E-state index contributed by atoms with van der Waals surface area (Å²) in [4.78, 5) is 27.0. The molecule has 0 radical (unpaired) electrons. The molecule has 1 saturated heterocycles. The Morgan fingerprint density at radius 2 is 2.04 bits per heavy atom. The van der Waals surface area contributed by atoms with E-state index in [9.17, 15) is 9.59 Å². The van der Waals surface area contributed by atoms with Gasteiger partial charge in [0.2, 0.25) is 11.8 Å². The molecule has 5 nitrogen and oxygen atoms in total. The van der Waals surface area contributed by atoms with E-state index in [4.69, 9.17) is 4.74 Å². The summed E-state index contributed by atoms with van der Waals surface area (Å²) in [5.41, 5.74) is 1.17. The maximum atomic E-state index is 12.8. The van der Waals surface area contributed by atoms with E-state index in [-0.39, 0.29) is 23.8 Å². The molecule has 0 spiro atoms. The van der Waals surface area contributed by atoms with Crippen molar-refractivity contribution >= 4 is 11.8 Å². The van der Waals surface area contributed by atoms with Crippen LogP contribution in [-0.2, 0) is 16.0 Å². The number of benzene rings is 1. The third kappa shape index (κ3) is 4.03. The summed E-state index contributed by atoms with van der Waals surface area (Å²) < 4.78 is 5.18. The highest BCUT2D eigenvalue weighted by Crippen LogP contribution is 2.49. The lowest BCUT2D eigenvalue weighted by atomic mass is 9.84. The number of likely N-dealkylation sites (tertiary alicyclic amines) is 1. The van der Waals surface area contributed by atoms with Crippen molar-refractivity contribution in [2.45, 2.75) is 51.5 Å². The number of hydrogen-bond donors (Lipinski definition) is 1. The topological polar surface area (TPSA) is 58.6 Å². The molecule has 1 aromatic carbocycles. The van der Waals surface area contributed by atoms with Crippen molar-refractivity contribution in [3.8, 4) is 5.75 Å². The third-order valence-electron chi connectivity index (χ3n) is 7.22. The van der Waals surface area contributed by atoms with Crippen molar-refractivity contribution in [3.63, 3.8) is 0 Å². The van der Waals surface area contributed by atoms with E-state index in [0.29, 0.717) is 25.4 Å². The van der Waals surface area contributed by atoms with Crippen LogP contribution in [0.4, 0.5) is 0 Å². The molecule has 5 atom stereocenters. The molecular weight excluding hydrogens is 352 g/mol. The number of methoxy groups -OCH3 is 1. The minimum atomic E-state index is -0.204. The quantitative estimate of drug-likeness (QED) is 0.786. The number of rotatable bonds is 7. The lowest BCUT2D eigenvalue weighted by Gasteiger charge is -2.29. The predicted molar refractivity (Wildman–Crippen MR) is 108 cm³/mol. The van der Waals surface area contributed by atoms with E-state index < -0.39 is 0 Å². The zero-order valence-corrected chi connectivity index (χ0v) is 17.0. The van der Waals surface area contributed by atoms with Crippen LogP contribution >= 0.6 is 0 Å². The van der Waals surface area contributed by atoms with Gasteiger partial charge in [-0.05, 0) is 68.1 Å². The molecular formula is C23H32N2O3. The summed E-state index contributed by atoms with van der Waals surface area (Å²) >= 11 is 0. The van der Waals surface area contributed by atoms with Crippen LogP contribution in [0.2, 0.25) is 0 Å². The second-order valence-corrected chi connectivity index (χ2v) is 8.97. The Hall–Kier alpha value is -2.04. The molecule has 0 unspecified atom stereocenters. The van der Waals surface area contributed by atoms with Crippen molar-refractivity contribution in [1.29, 1.82) is 0 Å². The van der Waals surface area contributed by atoms with Crippen LogP contribution in [0.5, 0.6) is 5.75 Å². The van der Waals surface area contributed by atoms with Crippen molar-refractivity contribution < 1.29 is 14.3 Å². The number of amides is 2. The van der Waals surface area contributed by atoms with Crippen molar-refractivity contribution in [3.05, 3.63) is 29.8 Å². The second-order valence-electron chi connectivity index (χ2n) is 8.97. The van der Waals surface area contributed by atoms with E-state index in [1.54, 1.807) is 7.11 Å². The molecule has 3 fully saturated rings. The van der Waals surface area contributed by atoms with Crippen LogP contribution in [0.25, 0.3) is 0 Å². The first kappa shape index (κ1) is 19.3. The average molecular weight is 385 g/mol. The number of nitrogens with one attached hydrogen (secondary N) is 1. The van der Waals surface area contributed by atoms with Gasteiger partial charge in [0.05, 0.1) is 13.0 Å². The van der Waals surface area contributed by atoms with E-state index in [1.165, 1.54) is 31.2 Å². The zero-order valence-electron chi connectivity index (χ0n) is 17.0. The van der Waals surface area contributed by atoms with Gasteiger partial charge in [-0.3, -0.25) is 9.59 Å². The van der Waals surface area contributed by atoms with Gasteiger partial charge in [0.1, 0.15) is 5.75 Å². The molecule has 2 aliphatic carbocycles. The van der Waals surface area contributed by atoms with Gasteiger partial charge >= 0.3 is 0 Å². The average Bonchev–Trinajstić information content (AvgIpc) is 3.42. The van der Waals surface area contributed by atoms with Crippen LogP contribution in [0.3, 0.4) is 0 Å². The molecule has 1 aliphatic heterocycles. The summed E-state index contributed by atoms with van der Waals surface area (Å²) in [5, 5.41) is 3.24. The summed E-state index contributed by atoms with van der Waals surface area (Å²) in [6.45, 7) is 3.36. The van der Waals surface area contributed by atoms with Crippen LogP contribution in [-0.4, -0.2) is 43.0 Å². The normalized spacial score (nSPS) is 29.9. The van der Waals surface area contributed by atoms with Crippen LogP contribution in [0, 0.1) is 23.7 Å². The number of nitrogens with zero attached hydrogens (tertiary/aromatic N) is 1. The van der Waals surface area contributed by atoms with Gasteiger partial charge in [0.25, 0.3) is 0 Å². The molecule has 2 bridgehead atoms. The minimum Gasteiger partial charge on any atom is -0.497 e. The molecule has 1 heterocycles. The predicted octanol–water partition coefficient (Wildman–Crippen LogP) is 3.03. The Balaban J connectivity index is 1.25. The zero-order chi connectivity index (χ0) is 19.7. The molecule has 1 aromatic rings. The Bertz CT molecular complexity index is 717. The standard InChI is InChI=1S/C23H32N2O3/c1-15(21-12-17-3-6-18(21)11-17)24-23(27)19-13-22(26)25(14-19)10-9-16-4-7-20(28-2)8-5-16/h4-5,7-8,15,17-19,21H,3,6,9-14H2,1-2H3,(H,24,27)/t15-,17+,18+,19-,21-/m1/s1. The van der Waals surface area contributed by atoms with Crippen molar-refractivity contribution in [1.82, 2.24) is 10.2 Å². The number of hydrogen-bond acceptors (Lipinski definition) is 3. The molecule has 2 saturated carbocycles. The summed E-state index contributed by atoms with van der Waals surface area (Å²) in [6, 6.07) is 8.16. The van der Waals surface area contributed by atoms with Gasteiger partial charge in [-0.15, -0.1) is 0 Å². The molecule has 152 valence electrons. The largest absolute Gasteiger partial charge is 0.497 e. The van der Waals surface area contributed by atoms with Crippen molar-refractivity contribution in [2.24, 2.45) is 23.7 Å². The summed E-state index contributed by atoms with van der Waals surface area (Å²) in [7, 11) is 1.65. The lowest BCUT2D eigenvalue weighted by Crippen LogP contribution is -2.43. The molecule has 2 amide bonds. The number of carbonyl (C=O) groups excluding carboxylic acids is 2. The Morgan fingerprint density at radius 3 is 2.68 bits per heavy atom. The fourth-order valence-electron chi connectivity index (χ4n) is 5.58. The molecule has 0 aromatic heterocycles. The fourth-order valence-corrected chi connectivity index (χ4v) is 5.58. The first-order valence-corrected chi connectivity index (χ1v) is 10.7. The van der Waals surface area contributed by atoms with Gasteiger partial charge in [0, 0.05) is 25.6 Å². The maximum Gasteiger partial charge on any atom is 0.225 e. The third-order valence-corrected chi connectivity index (χ3v) is 7.22. The van der Waals surface area contributed by atoms with Gasteiger partial charge in [-0.2, -0.15) is 0 Å². The Morgan fingerprint density at radius 1 is 1.25 bits per heavy atom. The summed E-state index contributed by atoms with van der Waals surface area (Å²) in [5.74, 6) is 3.11. The molecule has 5 heteroatoms. The molecule has 3 aliphatic rings. The summed E-state index contributed by atoms with van der Waals surface area (Å²) in [6.07, 6.45) is 6.47. The monoisotopic (exact) mass is 384 g/mol. The molecule has 1 N–H and O–H groups in total. The van der Waals surface area contributed by atoms with E-state index in [2.05, 4.69) is 12.2 Å². The van der Waals surface area contributed by atoms with Crippen LogP contribution < -0.4 is 10.1 Å². The highest BCUT2D eigenvalue weighted by molar-refractivity contribution is 5.89. The van der Waals surface area contributed by atoms with Crippen molar-refractivity contribution in [2.75, 3.05) is 20.2 Å². The Kier molecular flexibility index (Phi) is 5.61. The van der Waals surface area contributed by atoms with Gasteiger partial charge in [-0.25, -0.2) is 0 Å². The molecule has 4 rings (SSSR count). The van der Waals surface area contributed by atoms with Gasteiger partial charge in [-0.1, -0.05) is 18.6 Å². The highest BCUT2D eigenvalue weighted by Gasteiger charge is 2.43. The minimum absolute atomic E-state index is 0.0653. The fraction of sp³-hybridized carbons (Fsp3) is 0.652. The Labute approximate surface area is 167 Å². The number of fused-ring (bicyclic) bond motifs is 2. The highest BCUT2D eigenvalue weighted by atomic mass is 16.5. The SMILES string of the molecule is COc1ccc(CCN2C[C@H](C(=O)N[C@H](C)[C@H]3C[C@H]4CC[C@H]3C4)CC2=O)cc1. The second kappa shape index (κ2) is 8.14. The first-order valence-electron chi connectivity index (χ1n) is 10.7. The number of ether oxygens (including phenoxy) is 1. The van der Waals surface area contributed by atoms with E-state index in [1.807, 2.05) is 29.2 Å². The van der Waals surface area contributed by atoms with Crippen LogP contribution in [0.1, 0.15) is 44.6 Å². The smallest absolute Gasteiger partial charge is 0.225 e. The van der Waals surface area contributed by atoms with E-state index in [0.717, 1.165) is 24.0 Å². The molecule has 28 heavy (non-hydrogen) atoms. The van der Waals surface area contributed by atoms with Gasteiger partial charge < -0.3 is 15.0 Å². The lowest BCUT2D eigenvalue weighted by molar-refractivity contribution is -0.129. The number of carbonyl (C=O) groups is 2. The first-order chi connectivity index (χ1) is 13.5. The van der Waals surface area contributed by atoms with E-state index >= 15 is 0 Å². The van der Waals surface area contributed by atoms with Gasteiger partial charge in [0.15, 0.2) is 0 Å². The van der Waals surface area contributed by atoms with Crippen LogP contribution in [0.15, 0.2) is 24.3 Å².